The van der Waals surface area contributed by atoms with Crippen molar-refractivity contribution < 1.29 is 19.4 Å². The number of hydrogen-bond donors (Lipinski definition) is 1. The van der Waals surface area contributed by atoms with Crippen molar-refractivity contribution in [3.05, 3.63) is 47.7 Å². The number of aryl methyl sites for hydroxylation is 1. The first-order chi connectivity index (χ1) is 13.5. The molecule has 1 atom stereocenters. The van der Waals surface area contributed by atoms with Crippen LogP contribution in [0, 0.1) is 6.92 Å². The van der Waals surface area contributed by atoms with Gasteiger partial charge in [-0.15, -0.1) is 0 Å². The lowest BCUT2D eigenvalue weighted by Gasteiger charge is -2.34. The zero-order valence-corrected chi connectivity index (χ0v) is 16.2. The van der Waals surface area contributed by atoms with E-state index in [9.17, 15) is 4.79 Å². The fourth-order valence-electron chi connectivity index (χ4n) is 3.13. The summed E-state index contributed by atoms with van der Waals surface area (Å²) >= 11 is 0. The Bertz CT molecular complexity index is 787. The molecule has 150 valence electrons. The Morgan fingerprint density at radius 3 is 2.89 bits per heavy atom. The van der Waals surface area contributed by atoms with Crippen LogP contribution in [0.25, 0.3) is 0 Å². The van der Waals surface area contributed by atoms with Gasteiger partial charge < -0.3 is 19.5 Å². The molecule has 1 aliphatic rings. The number of rotatable bonds is 8. The van der Waals surface area contributed by atoms with E-state index in [4.69, 9.17) is 14.6 Å². The predicted molar refractivity (Wildman–Crippen MR) is 105 cm³/mol. The van der Waals surface area contributed by atoms with E-state index in [0.717, 1.165) is 11.3 Å². The molecule has 0 bridgehead atoms. The molecule has 1 N–H and O–H groups in total. The van der Waals surface area contributed by atoms with Crippen LogP contribution < -0.4 is 9.64 Å². The Labute approximate surface area is 164 Å². The minimum absolute atomic E-state index is 0.0156. The Balaban J connectivity index is 1.63. The summed E-state index contributed by atoms with van der Waals surface area (Å²) < 4.78 is 11.6. The van der Waals surface area contributed by atoms with E-state index in [-0.39, 0.29) is 12.6 Å². The summed E-state index contributed by atoms with van der Waals surface area (Å²) in [6.45, 7) is 4.71. The van der Waals surface area contributed by atoms with Crippen LogP contribution >= 0.6 is 0 Å². The number of nitrogens with zero attached hydrogens (tertiary/aromatic N) is 4. The highest BCUT2D eigenvalue weighted by Gasteiger charge is 2.24. The topological polar surface area (TPSA) is 88.0 Å². The molecule has 2 heterocycles. The molecule has 2 aromatic rings. The Morgan fingerprint density at radius 2 is 2.14 bits per heavy atom. The number of aliphatic carboxylic acids is 1. The quantitative estimate of drug-likeness (QED) is 0.732. The second kappa shape index (κ2) is 9.48. The fraction of sp³-hybridized carbons (Fsp3) is 0.450. The van der Waals surface area contributed by atoms with Crippen LogP contribution in [-0.4, -0.2) is 71.9 Å². The molecule has 0 aliphatic carbocycles. The average molecular weight is 386 g/mol. The molecular weight excluding hydrogens is 360 g/mol. The zero-order chi connectivity index (χ0) is 19.9. The maximum absolute atomic E-state index is 10.8. The normalized spacial score (nSPS) is 17.0. The first-order valence-corrected chi connectivity index (χ1v) is 9.29. The van der Waals surface area contributed by atoms with Crippen LogP contribution in [0.1, 0.15) is 11.3 Å². The van der Waals surface area contributed by atoms with Crippen molar-refractivity contribution in [1.82, 2.24) is 14.9 Å². The number of morpholine rings is 1. The molecular formula is C20H26N4O4. The highest BCUT2D eigenvalue weighted by atomic mass is 16.5. The number of aromatic nitrogens is 2. The van der Waals surface area contributed by atoms with Crippen molar-refractivity contribution in [2.75, 3.05) is 44.7 Å². The van der Waals surface area contributed by atoms with Crippen molar-refractivity contribution in [3.8, 4) is 5.88 Å². The summed E-state index contributed by atoms with van der Waals surface area (Å²) in [5.74, 6) is 0.298. The van der Waals surface area contributed by atoms with Crippen LogP contribution in [-0.2, 0) is 16.1 Å². The van der Waals surface area contributed by atoms with Crippen molar-refractivity contribution in [2.24, 2.45) is 0 Å². The number of benzene rings is 1. The maximum Gasteiger partial charge on any atom is 0.317 e. The van der Waals surface area contributed by atoms with E-state index in [1.807, 2.05) is 43.3 Å². The second-order valence-corrected chi connectivity index (χ2v) is 6.95. The van der Waals surface area contributed by atoms with E-state index in [1.165, 1.54) is 0 Å². The number of carboxylic acid groups (broad SMARTS) is 1. The van der Waals surface area contributed by atoms with Crippen LogP contribution in [0.5, 0.6) is 5.88 Å². The number of likely N-dealkylation sites (N-methyl/N-ethyl adjacent to an activating group) is 1. The third kappa shape index (κ3) is 5.90. The van der Waals surface area contributed by atoms with Gasteiger partial charge in [0.1, 0.15) is 6.61 Å². The third-order valence-corrected chi connectivity index (χ3v) is 4.39. The molecule has 1 unspecified atom stereocenters. The van der Waals surface area contributed by atoms with Crippen LogP contribution in [0.15, 0.2) is 36.4 Å². The van der Waals surface area contributed by atoms with Crippen molar-refractivity contribution in [1.29, 1.82) is 0 Å². The molecule has 28 heavy (non-hydrogen) atoms. The molecule has 0 amide bonds. The van der Waals surface area contributed by atoms with E-state index < -0.39 is 5.97 Å². The van der Waals surface area contributed by atoms with Gasteiger partial charge in [-0.1, -0.05) is 30.3 Å². The van der Waals surface area contributed by atoms with Crippen molar-refractivity contribution >= 4 is 11.9 Å². The van der Waals surface area contributed by atoms with Gasteiger partial charge in [0.15, 0.2) is 0 Å². The van der Waals surface area contributed by atoms with Gasteiger partial charge in [-0.3, -0.25) is 9.69 Å². The first-order valence-electron chi connectivity index (χ1n) is 9.29. The van der Waals surface area contributed by atoms with E-state index in [1.54, 1.807) is 11.9 Å². The van der Waals surface area contributed by atoms with E-state index >= 15 is 0 Å². The van der Waals surface area contributed by atoms with Gasteiger partial charge in [-0.2, -0.15) is 4.98 Å². The lowest BCUT2D eigenvalue weighted by atomic mass is 10.2. The molecule has 0 spiro atoms. The van der Waals surface area contributed by atoms with Gasteiger partial charge in [0.05, 0.1) is 19.3 Å². The summed E-state index contributed by atoms with van der Waals surface area (Å²) in [6, 6.07) is 11.8. The number of ether oxygens (including phenoxy) is 2. The van der Waals surface area contributed by atoms with Crippen LogP contribution in [0.2, 0.25) is 0 Å². The molecule has 0 radical (unpaired) electrons. The fourth-order valence-corrected chi connectivity index (χ4v) is 3.13. The molecule has 3 rings (SSSR count). The highest BCUT2D eigenvalue weighted by molar-refractivity contribution is 5.69. The lowest BCUT2D eigenvalue weighted by Crippen LogP contribution is -2.48. The number of carboxylic acids is 1. The van der Waals surface area contributed by atoms with Gasteiger partial charge in [-0.25, -0.2) is 4.98 Å². The molecule has 1 aromatic carbocycles. The molecule has 1 saturated heterocycles. The Hall–Kier alpha value is -2.71. The Kier molecular flexibility index (Phi) is 6.78. The summed E-state index contributed by atoms with van der Waals surface area (Å²) in [7, 11) is 1.77. The van der Waals surface area contributed by atoms with Gasteiger partial charge >= 0.3 is 5.97 Å². The number of hydrogen-bond acceptors (Lipinski definition) is 7. The SMILES string of the molecule is Cc1cc(OCc2ccccc2)nc(N2CCOC(CN(C)CC(=O)O)C2)n1. The smallest absolute Gasteiger partial charge is 0.317 e. The van der Waals surface area contributed by atoms with Gasteiger partial charge in [0.2, 0.25) is 11.8 Å². The summed E-state index contributed by atoms with van der Waals surface area (Å²) in [4.78, 5) is 23.8. The molecule has 0 saturated carbocycles. The first kappa shape index (κ1) is 20.0. The van der Waals surface area contributed by atoms with Crippen LogP contribution in [0.4, 0.5) is 5.95 Å². The molecule has 8 nitrogen and oxygen atoms in total. The van der Waals surface area contributed by atoms with Gasteiger partial charge in [0, 0.05) is 31.4 Å². The van der Waals surface area contributed by atoms with Gasteiger partial charge in [-0.05, 0) is 19.5 Å². The van der Waals surface area contributed by atoms with Crippen LogP contribution in [0.3, 0.4) is 0 Å². The maximum atomic E-state index is 10.8. The standard InChI is InChI=1S/C20H26N4O4/c1-15-10-18(28-14-16-6-4-3-5-7-16)22-20(21-15)24-8-9-27-17(12-24)11-23(2)13-19(25)26/h3-7,10,17H,8-9,11-14H2,1-2H3,(H,25,26). The molecule has 1 fully saturated rings. The summed E-state index contributed by atoms with van der Waals surface area (Å²) in [5, 5.41) is 8.91. The zero-order valence-electron chi connectivity index (χ0n) is 16.2. The Morgan fingerprint density at radius 1 is 1.36 bits per heavy atom. The average Bonchev–Trinajstić information content (AvgIpc) is 2.66. The summed E-state index contributed by atoms with van der Waals surface area (Å²) in [5.41, 5.74) is 1.91. The van der Waals surface area contributed by atoms with E-state index in [2.05, 4.69) is 14.9 Å². The monoisotopic (exact) mass is 386 g/mol. The third-order valence-electron chi connectivity index (χ3n) is 4.39. The second-order valence-electron chi connectivity index (χ2n) is 6.95. The van der Waals surface area contributed by atoms with E-state index in [0.29, 0.717) is 44.7 Å². The minimum Gasteiger partial charge on any atom is -0.480 e. The lowest BCUT2D eigenvalue weighted by molar-refractivity contribution is -0.138. The predicted octanol–water partition coefficient (Wildman–Crippen LogP) is 1.59. The van der Waals surface area contributed by atoms with Crippen molar-refractivity contribution in [2.45, 2.75) is 19.6 Å². The minimum atomic E-state index is -0.850. The number of anilines is 1. The summed E-state index contributed by atoms with van der Waals surface area (Å²) in [6.07, 6.45) is -0.101. The molecule has 1 aromatic heterocycles. The highest BCUT2D eigenvalue weighted by Crippen LogP contribution is 2.19. The number of carbonyl (C=O) groups is 1. The largest absolute Gasteiger partial charge is 0.480 e. The molecule has 1 aliphatic heterocycles. The van der Waals surface area contributed by atoms with Crippen molar-refractivity contribution in [3.63, 3.8) is 0 Å². The van der Waals surface area contributed by atoms with Gasteiger partial charge in [0.25, 0.3) is 0 Å². The molecule has 8 heteroatoms.